The van der Waals surface area contributed by atoms with Crippen LogP contribution in [0.15, 0.2) is 24.3 Å². The molecule has 1 atom stereocenters. The Bertz CT molecular complexity index is 414. The minimum absolute atomic E-state index is 0.0472. The highest BCUT2D eigenvalue weighted by Gasteiger charge is 2.04. The lowest BCUT2D eigenvalue weighted by atomic mass is 10.1. The van der Waals surface area contributed by atoms with Crippen molar-refractivity contribution in [3.8, 4) is 5.75 Å². The predicted octanol–water partition coefficient (Wildman–Crippen LogP) is 2.08. The molecule has 1 rings (SSSR count). The van der Waals surface area contributed by atoms with Crippen molar-refractivity contribution < 1.29 is 9.53 Å². The molecule has 0 heterocycles. The first-order chi connectivity index (χ1) is 9.61. The summed E-state index contributed by atoms with van der Waals surface area (Å²) in [6.07, 6.45) is 2.82. The van der Waals surface area contributed by atoms with Crippen molar-refractivity contribution in [3.05, 3.63) is 29.8 Å². The number of carbonyl (C=O) groups excluding carboxylic acids is 1. The summed E-state index contributed by atoms with van der Waals surface area (Å²) in [5.41, 5.74) is 6.89. The van der Waals surface area contributed by atoms with E-state index in [0.717, 1.165) is 17.7 Å². The molecule has 6 heteroatoms. The summed E-state index contributed by atoms with van der Waals surface area (Å²) in [7, 11) is 3.42. The minimum atomic E-state index is -0.0932. The molecule has 112 valence electrons. The molecular weight excluding hydrogens is 292 g/mol. The highest BCUT2D eigenvalue weighted by Crippen LogP contribution is 2.15. The van der Waals surface area contributed by atoms with Gasteiger partial charge in [-0.3, -0.25) is 4.79 Å². The van der Waals surface area contributed by atoms with Crippen molar-refractivity contribution in [2.75, 3.05) is 25.2 Å². The van der Waals surface area contributed by atoms with Crippen LogP contribution in [0.25, 0.3) is 0 Å². The van der Waals surface area contributed by atoms with Crippen molar-refractivity contribution in [2.45, 2.75) is 19.4 Å². The van der Waals surface area contributed by atoms with E-state index in [2.05, 4.69) is 5.32 Å². The standard InChI is InChI=1S/C14H22N2O2S2/c1-11(15)8-12-4-3-5-13(9-12)18-10-14(17)16-6-7-20-19-2/h3-5,9,11H,6-8,10,15H2,1-2H3,(H,16,17). The summed E-state index contributed by atoms with van der Waals surface area (Å²) in [6, 6.07) is 7.82. The lowest BCUT2D eigenvalue weighted by Crippen LogP contribution is -2.30. The van der Waals surface area contributed by atoms with Crippen LogP contribution >= 0.6 is 21.6 Å². The number of ether oxygens (including phenoxy) is 1. The van der Waals surface area contributed by atoms with Gasteiger partial charge in [-0.25, -0.2) is 0 Å². The number of nitrogens with two attached hydrogens (primary N) is 1. The molecular formula is C14H22N2O2S2. The van der Waals surface area contributed by atoms with Gasteiger partial charge in [-0.1, -0.05) is 33.7 Å². The molecule has 3 N–H and O–H groups in total. The van der Waals surface area contributed by atoms with Crippen LogP contribution in [0, 0.1) is 0 Å². The van der Waals surface area contributed by atoms with Gasteiger partial charge in [-0.15, -0.1) is 0 Å². The first-order valence-corrected chi connectivity index (χ1v) is 9.24. The quantitative estimate of drug-likeness (QED) is 0.540. The molecule has 0 aliphatic heterocycles. The van der Waals surface area contributed by atoms with Crippen LogP contribution in [-0.4, -0.2) is 37.1 Å². The van der Waals surface area contributed by atoms with Gasteiger partial charge in [-0.05, 0) is 37.3 Å². The fraction of sp³-hybridized carbons (Fsp3) is 0.500. The van der Waals surface area contributed by atoms with Gasteiger partial charge in [0.05, 0.1) is 0 Å². The normalized spacial score (nSPS) is 11.9. The van der Waals surface area contributed by atoms with Gasteiger partial charge in [0.25, 0.3) is 5.91 Å². The molecule has 20 heavy (non-hydrogen) atoms. The summed E-state index contributed by atoms with van der Waals surface area (Å²) in [5.74, 6) is 1.51. The fourth-order valence-corrected chi connectivity index (χ4v) is 2.75. The second-order valence-corrected chi connectivity index (χ2v) is 7.14. The molecule has 0 saturated carbocycles. The third-order valence-electron chi connectivity index (χ3n) is 2.45. The second-order valence-electron chi connectivity index (χ2n) is 4.46. The van der Waals surface area contributed by atoms with Crippen molar-refractivity contribution in [3.63, 3.8) is 0 Å². The zero-order valence-corrected chi connectivity index (χ0v) is 13.6. The molecule has 4 nitrogen and oxygen atoms in total. The van der Waals surface area contributed by atoms with Crippen molar-refractivity contribution >= 4 is 27.5 Å². The van der Waals surface area contributed by atoms with Gasteiger partial charge in [0.15, 0.2) is 6.61 Å². The Morgan fingerprint density at radius 1 is 1.50 bits per heavy atom. The Morgan fingerprint density at radius 2 is 2.30 bits per heavy atom. The average Bonchev–Trinajstić information content (AvgIpc) is 2.41. The topological polar surface area (TPSA) is 64.3 Å². The molecule has 0 radical (unpaired) electrons. The van der Waals surface area contributed by atoms with E-state index in [1.807, 2.05) is 37.4 Å². The van der Waals surface area contributed by atoms with Crippen LogP contribution in [0.3, 0.4) is 0 Å². The minimum Gasteiger partial charge on any atom is -0.484 e. The number of rotatable bonds is 9. The first-order valence-electron chi connectivity index (χ1n) is 6.51. The zero-order valence-electron chi connectivity index (χ0n) is 11.9. The van der Waals surface area contributed by atoms with Crippen LogP contribution < -0.4 is 15.8 Å². The number of hydrogen-bond donors (Lipinski definition) is 2. The molecule has 0 spiro atoms. The summed E-state index contributed by atoms with van der Waals surface area (Å²) < 4.78 is 5.48. The number of nitrogens with one attached hydrogen (secondary N) is 1. The van der Waals surface area contributed by atoms with Crippen LogP contribution in [0.1, 0.15) is 12.5 Å². The highest BCUT2D eigenvalue weighted by molar-refractivity contribution is 8.76. The lowest BCUT2D eigenvalue weighted by Gasteiger charge is -2.09. The van der Waals surface area contributed by atoms with Gasteiger partial charge < -0.3 is 15.8 Å². The van der Waals surface area contributed by atoms with Gasteiger partial charge in [-0.2, -0.15) is 0 Å². The monoisotopic (exact) mass is 314 g/mol. The van der Waals surface area contributed by atoms with E-state index in [-0.39, 0.29) is 18.6 Å². The highest BCUT2D eigenvalue weighted by atomic mass is 33.1. The van der Waals surface area contributed by atoms with E-state index in [0.29, 0.717) is 12.3 Å². The Labute approximate surface area is 128 Å². The van der Waals surface area contributed by atoms with E-state index in [4.69, 9.17) is 10.5 Å². The number of hydrogen-bond acceptors (Lipinski definition) is 5. The van der Waals surface area contributed by atoms with E-state index >= 15 is 0 Å². The van der Waals surface area contributed by atoms with Crippen molar-refractivity contribution in [2.24, 2.45) is 5.73 Å². The zero-order chi connectivity index (χ0) is 14.8. The molecule has 1 amide bonds. The third kappa shape index (κ3) is 7.67. The fourth-order valence-electron chi connectivity index (χ4n) is 1.65. The number of carbonyl (C=O) groups is 1. The van der Waals surface area contributed by atoms with E-state index in [9.17, 15) is 4.79 Å². The van der Waals surface area contributed by atoms with Crippen LogP contribution in [0.5, 0.6) is 5.75 Å². The molecule has 1 unspecified atom stereocenters. The third-order valence-corrected chi connectivity index (χ3v) is 4.27. The molecule has 0 aliphatic rings. The molecule has 1 aromatic carbocycles. The summed E-state index contributed by atoms with van der Waals surface area (Å²) in [5, 5.41) is 2.82. The molecule has 0 saturated heterocycles. The lowest BCUT2D eigenvalue weighted by molar-refractivity contribution is -0.122. The molecule has 0 fully saturated rings. The van der Waals surface area contributed by atoms with Crippen molar-refractivity contribution in [1.29, 1.82) is 0 Å². The number of benzene rings is 1. The predicted molar refractivity (Wildman–Crippen MR) is 88.3 cm³/mol. The molecule has 0 aromatic heterocycles. The van der Waals surface area contributed by atoms with Crippen LogP contribution in [0.4, 0.5) is 0 Å². The maximum Gasteiger partial charge on any atom is 0.257 e. The second kappa shape index (κ2) is 9.96. The van der Waals surface area contributed by atoms with Gasteiger partial charge in [0.1, 0.15) is 5.75 Å². The summed E-state index contributed by atoms with van der Waals surface area (Å²) in [6.45, 7) is 2.68. The smallest absolute Gasteiger partial charge is 0.257 e. The average molecular weight is 314 g/mol. The maximum atomic E-state index is 11.6. The Hall–Kier alpha value is -0.850. The summed E-state index contributed by atoms with van der Waals surface area (Å²) in [4.78, 5) is 11.6. The Morgan fingerprint density at radius 3 is 3.00 bits per heavy atom. The van der Waals surface area contributed by atoms with Crippen molar-refractivity contribution in [1.82, 2.24) is 5.32 Å². The van der Waals surface area contributed by atoms with Crippen LogP contribution in [0.2, 0.25) is 0 Å². The largest absolute Gasteiger partial charge is 0.484 e. The Kier molecular flexibility index (Phi) is 8.57. The SMILES string of the molecule is CSSCCNC(=O)COc1cccc(CC(C)N)c1. The molecule has 0 bridgehead atoms. The maximum absolute atomic E-state index is 11.6. The van der Waals surface area contributed by atoms with Gasteiger partial charge >= 0.3 is 0 Å². The first kappa shape index (κ1) is 17.2. The van der Waals surface area contributed by atoms with E-state index in [1.165, 1.54) is 0 Å². The van der Waals surface area contributed by atoms with E-state index in [1.54, 1.807) is 21.6 Å². The Balaban J connectivity index is 2.32. The van der Waals surface area contributed by atoms with Crippen LogP contribution in [-0.2, 0) is 11.2 Å². The number of amides is 1. The molecule has 1 aromatic rings. The molecule has 0 aliphatic carbocycles. The van der Waals surface area contributed by atoms with Gasteiger partial charge in [0.2, 0.25) is 0 Å². The van der Waals surface area contributed by atoms with E-state index < -0.39 is 0 Å². The van der Waals surface area contributed by atoms with Gasteiger partial charge in [0, 0.05) is 18.3 Å². The summed E-state index contributed by atoms with van der Waals surface area (Å²) >= 11 is 0.